The van der Waals surface area contributed by atoms with Gasteiger partial charge in [-0.25, -0.2) is 5.01 Å². The maximum atomic E-state index is 6.48. The first-order chi connectivity index (χ1) is 15.2. The fourth-order valence-electron chi connectivity index (χ4n) is 4.55. The third kappa shape index (κ3) is 3.22. The molecule has 0 amide bonds. The number of aryl methyl sites for hydroxylation is 1. The number of ether oxygens (including phenoxy) is 1. The fraction of sp³-hybridized carbons (Fsp3) is 0.148. The normalized spacial score (nSPS) is 19.5. The molecule has 0 fully saturated rings. The van der Waals surface area contributed by atoms with Gasteiger partial charge in [-0.1, -0.05) is 82.2 Å². The molecule has 0 bridgehead atoms. The molecule has 0 saturated heterocycles. The Balaban J connectivity index is 1.45. The van der Waals surface area contributed by atoms with Crippen molar-refractivity contribution in [1.82, 2.24) is 5.01 Å². The Hall–Kier alpha value is -3.11. The molecular weight excluding hydrogens is 448 g/mol. The van der Waals surface area contributed by atoms with Gasteiger partial charge in [0, 0.05) is 22.0 Å². The average Bonchev–Trinajstić information content (AvgIpc) is 3.25. The third-order valence-corrected chi connectivity index (χ3v) is 6.69. The zero-order valence-corrected chi connectivity index (χ0v) is 18.7. The van der Waals surface area contributed by atoms with Crippen LogP contribution in [0.15, 0.2) is 94.5 Å². The van der Waals surface area contributed by atoms with Crippen molar-refractivity contribution in [2.24, 2.45) is 5.10 Å². The van der Waals surface area contributed by atoms with E-state index in [9.17, 15) is 0 Å². The molecule has 0 aliphatic carbocycles. The maximum absolute atomic E-state index is 6.48. The van der Waals surface area contributed by atoms with E-state index in [1.54, 1.807) is 0 Å². The van der Waals surface area contributed by atoms with Crippen molar-refractivity contribution < 1.29 is 4.74 Å². The van der Waals surface area contributed by atoms with Crippen LogP contribution in [0.1, 0.15) is 40.9 Å². The summed E-state index contributed by atoms with van der Waals surface area (Å²) in [5.74, 6) is 0.935. The SMILES string of the molecule is Cc1ccc([C@H]2Oc3ccc(Br)cc3[C@@H]3CC(c4ccc5ccccc5c4)=NN23)cc1. The molecule has 4 aromatic rings. The Morgan fingerprint density at radius 1 is 0.903 bits per heavy atom. The van der Waals surface area contributed by atoms with Crippen molar-refractivity contribution in [2.75, 3.05) is 0 Å². The molecule has 2 aliphatic heterocycles. The van der Waals surface area contributed by atoms with Crippen LogP contribution in [0.3, 0.4) is 0 Å². The van der Waals surface area contributed by atoms with Gasteiger partial charge in [-0.05, 0) is 47.5 Å². The highest BCUT2D eigenvalue weighted by Crippen LogP contribution is 2.48. The standard InChI is InChI=1S/C27H21BrN2O/c1-17-6-8-19(9-7-17)27-30-25(23-15-22(28)12-13-26(23)31-27)16-24(29-30)21-11-10-18-4-2-3-5-20(18)14-21/h2-15,25,27H,16H2,1H3/t25-,27+/m0/s1. The Morgan fingerprint density at radius 2 is 1.71 bits per heavy atom. The van der Waals surface area contributed by atoms with Crippen molar-refractivity contribution in [1.29, 1.82) is 0 Å². The molecule has 4 heteroatoms. The van der Waals surface area contributed by atoms with E-state index >= 15 is 0 Å². The molecule has 2 aliphatic rings. The van der Waals surface area contributed by atoms with Crippen LogP contribution < -0.4 is 4.74 Å². The lowest BCUT2D eigenvalue weighted by molar-refractivity contribution is -0.0190. The molecule has 2 heterocycles. The highest BCUT2D eigenvalue weighted by Gasteiger charge is 2.41. The highest BCUT2D eigenvalue weighted by atomic mass is 79.9. The molecule has 3 nitrogen and oxygen atoms in total. The van der Waals surface area contributed by atoms with Gasteiger partial charge in [-0.3, -0.25) is 0 Å². The van der Waals surface area contributed by atoms with Gasteiger partial charge >= 0.3 is 0 Å². The number of benzene rings is 4. The van der Waals surface area contributed by atoms with E-state index in [0.717, 1.165) is 27.9 Å². The molecule has 4 aromatic carbocycles. The highest BCUT2D eigenvalue weighted by molar-refractivity contribution is 9.10. The number of rotatable bonds is 2. The summed E-state index contributed by atoms with van der Waals surface area (Å²) < 4.78 is 7.54. The Bertz CT molecular complexity index is 1330. The van der Waals surface area contributed by atoms with Crippen LogP contribution in [0, 0.1) is 6.92 Å². The quantitative estimate of drug-likeness (QED) is 0.311. The van der Waals surface area contributed by atoms with Crippen molar-refractivity contribution in [3.63, 3.8) is 0 Å². The molecule has 0 unspecified atom stereocenters. The first-order valence-corrected chi connectivity index (χ1v) is 11.3. The van der Waals surface area contributed by atoms with Crippen LogP contribution >= 0.6 is 15.9 Å². The molecule has 0 radical (unpaired) electrons. The number of nitrogens with zero attached hydrogens (tertiary/aromatic N) is 2. The Morgan fingerprint density at radius 3 is 2.55 bits per heavy atom. The smallest absolute Gasteiger partial charge is 0.213 e. The van der Waals surface area contributed by atoms with E-state index in [0.29, 0.717) is 0 Å². The van der Waals surface area contributed by atoms with E-state index in [-0.39, 0.29) is 12.3 Å². The van der Waals surface area contributed by atoms with E-state index in [2.05, 4.69) is 107 Å². The molecule has 0 aromatic heterocycles. The summed E-state index contributed by atoms with van der Waals surface area (Å²) in [4.78, 5) is 0. The van der Waals surface area contributed by atoms with E-state index in [4.69, 9.17) is 9.84 Å². The topological polar surface area (TPSA) is 24.8 Å². The van der Waals surface area contributed by atoms with Gasteiger partial charge in [-0.15, -0.1) is 0 Å². The van der Waals surface area contributed by atoms with E-state index < -0.39 is 0 Å². The zero-order valence-electron chi connectivity index (χ0n) is 17.1. The van der Waals surface area contributed by atoms with Crippen LogP contribution in [-0.4, -0.2) is 10.7 Å². The van der Waals surface area contributed by atoms with E-state index in [1.807, 2.05) is 6.07 Å². The molecule has 152 valence electrons. The summed E-state index contributed by atoms with van der Waals surface area (Å²) in [6.07, 6.45) is 0.616. The third-order valence-electron chi connectivity index (χ3n) is 6.20. The molecule has 31 heavy (non-hydrogen) atoms. The second-order valence-corrected chi connectivity index (χ2v) is 9.19. The van der Waals surface area contributed by atoms with E-state index in [1.165, 1.54) is 27.5 Å². The number of hydrogen-bond acceptors (Lipinski definition) is 3. The molecule has 2 atom stereocenters. The van der Waals surface area contributed by atoms with Crippen LogP contribution in [0.4, 0.5) is 0 Å². The zero-order chi connectivity index (χ0) is 20.9. The molecule has 0 spiro atoms. The second kappa shape index (κ2) is 7.24. The number of hydrogen-bond donors (Lipinski definition) is 0. The van der Waals surface area contributed by atoms with Crippen molar-refractivity contribution >= 4 is 32.4 Å². The minimum Gasteiger partial charge on any atom is -0.464 e. The molecular formula is C27H21BrN2O. The van der Waals surface area contributed by atoms with Gasteiger partial charge in [0.05, 0.1) is 11.8 Å². The first-order valence-electron chi connectivity index (χ1n) is 10.5. The van der Waals surface area contributed by atoms with Gasteiger partial charge in [0.2, 0.25) is 6.23 Å². The second-order valence-electron chi connectivity index (χ2n) is 8.27. The largest absolute Gasteiger partial charge is 0.464 e. The lowest BCUT2D eigenvalue weighted by Gasteiger charge is -2.38. The first kappa shape index (κ1) is 18.6. The maximum Gasteiger partial charge on any atom is 0.213 e. The lowest BCUT2D eigenvalue weighted by atomic mass is 9.95. The fourth-order valence-corrected chi connectivity index (χ4v) is 4.93. The summed E-state index contributed by atoms with van der Waals surface area (Å²) in [5.41, 5.74) is 5.81. The lowest BCUT2D eigenvalue weighted by Crippen LogP contribution is -2.33. The summed E-state index contributed by atoms with van der Waals surface area (Å²) in [6.45, 7) is 2.10. The number of hydrazone groups is 1. The minimum atomic E-state index is -0.239. The van der Waals surface area contributed by atoms with Crippen molar-refractivity contribution in [2.45, 2.75) is 25.6 Å². The van der Waals surface area contributed by atoms with Crippen molar-refractivity contribution in [3.8, 4) is 5.75 Å². The predicted octanol–water partition coefficient (Wildman–Crippen LogP) is 7.15. The van der Waals surface area contributed by atoms with Gasteiger partial charge in [0.25, 0.3) is 0 Å². The number of halogens is 1. The average molecular weight is 469 g/mol. The summed E-state index contributed by atoms with van der Waals surface area (Å²) in [5, 5.41) is 9.73. The summed E-state index contributed by atoms with van der Waals surface area (Å²) in [6, 6.07) is 30.0. The minimum absolute atomic E-state index is 0.147. The van der Waals surface area contributed by atoms with Crippen LogP contribution in [0.2, 0.25) is 0 Å². The van der Waals surface area contributed by atoms with Gasteiger partial charge < -0.3 is 4.74 Å². The molecule has 0 N–H and O–H groups in total. The van der Waals surface area contributed by atoms with Crippen LogP contribution in [0.25, 0.3) is 10.8 Å². The Kier molecular flexibility index (Phi) is 4.35. The number of fused-ring (bicyclic) bond motifs is 4. The molecule has 6 rings (SSSR count). The summed E-state index contributed by atoms with van der Waals surface area (Å²) in [7, 11) is 0. The molecule has 0 saturated carbocycles. The van der Waals surface area contributed by atoms with Crippen LogP contribution in [0.5, 0.6) is 5.75 Å². The monoisotopic (exact) mass is 468 g/mol. The Labute approximate surface area is 190 Å². The van der Waals surface area contributed by atoms with Gasteiger partial charge in [-0.2, -0.15) is 5.10 Å². The predicted molar refractivity (Wildman–Crippen MR) is 128 cm³/mol. The van der Waals surface area contributed by atoms with Gasteiger partial charge in [0.1, 0.15) is 5.75 Å². The van der Waals surface area contributed by atoms with Gasteiger partial charge in [0.15, 0.2) is 0 Å². The van der Waals surface area contributed by atoms with Crippen LogP contribution in [-0.2, 0) is 0 Å². The van der Waals surface area contributed by atoms with Crippen molar-refractivity contribution in [3.05, 3.63) is 112 Å². The summed E-state index contributed by atoms with van der Waals surface area (Å²) >= 11 is 3.63.